The molecule has 0 radical (unpaired) electrons. The summed E-state index contributed by atoms with van der Waals surface area (Å²) in [5, 5.41) is 30.6. The number of rotatable bonds is 82. The van der Waals surface area contributed by atoms with Crippen LogP contribution in [0.5, 0.6) is 0 Å². The second kappa shape index (κ2) is 81.4. The number of nitrogens with one attached hydrogen (secondary N) is 8. The Kier molecular flexibility index (Phi) is 74.3. The molecule has 0 aliphatic heterocycles. The standard InChI is InChI=1S/C92H154N8O36/c1-10-73(101)118-54-31-19-35-58-122-77(105)93-46-23-27-50-97-81(109)133-69-89(14-5,15-6)39-63-127-86(115)128-65-42-91(17-8,71-135-83(111)99-52-29-25-48-95-79(107)124-60-37-21-33-56-120-75(103)12-3)43-67-131-88(117)132-68-45-92(18-9,72-136-84(112)100-53-30-26-49-96-80(108)125-61-38-22-34-57-121-76(104)13-4)44-66-130-87(116)129-64-41-90(16-7,40-62-126-85(113)114)70-134-82(110)98-51-28-24-47-94-78(106)123-59-36-20-32-55-119-74(102)11-2/h10-13H,1-4,14-72H2,5-9H3,(H,93,105)(H,94,106)(H,95,107)(H,96,108)(H,97,109)(H,98,110)(H,99,111)(H,100,112)(H,113,114). The molecule has 0 saturated carbocycles. The first-order valence-electron chi connectivity index (χ1n) is 47.2. The van der Waals surface area contributed by atoms with Crippen molar-refractivity contribution in [2.24, 2.45) is 21.7 Å². The molecule has 0 aromatic rings. The lowest BCUT2D eigenvalue weighted by Crippen LogP contribution is -2.35. The minimum absolute atomic E-state index is 0.0163. The highest BCUT2D eigenvalue weighted by atomic mass is 16.7. The Morgan fingerprint density at radius 2 is 0.368 bits per heavy atom. The van der Waals surface area contributed by atoms with Gasteiger partial charge in [-0.05, 0) is 205 Å². The predicted octanol–water partition coefficient (Wildman–Crippen LogP) is 14.4. The molecule has 778 valence electrons. The number of carbonyl (C=O) groups excluding carboxylic acids is 15. The van der Waals surface area contributed by atoms with Crippen LogP contribution in [0.25, 0.3) is 0 Å². The fourth-order valence-corrected chi connectivity index (χ4v) is 12.6. The summed E-state index contributed by atoms with van der Waals surface area (Å²) < 4.78 is 101. The van der Waals surface area contributed by atoms with Gasteiger partial charge in [-0.1, -0.05) is 60.9 Å². The Morgan fingerprint density at radius 1 is 0.206 bits per heavy atom. The number of carboxylic acid groups (broad SMARTS) is 1. The van der Waals surface area contributed by atoms with Crippen LogP contribution in [0.3, 0.4) is 0 Å². The lowest BCUT2D eigenvalue weighted by Gasteiger charge is -2.32. The first-order chi connectivity index (χ1) is 65.5. The molecule has 136 heavy (non-hydrogen) atoms. The summed E-state index contributed by atoms with van der Waals surface area (Å²) in [5.41, 5.74) is -3.54. The van der Waals surface area contributed by atoms with E-state index in [2.05, 4.69) is 68.9 Å². The fraction of sp³-hybridized carbons (Fsp3) is 0.739. The number of alkyl carbamates (subject to hydrolysis) is 8. The summed E-state index contributed by atoms with van der Waals surface area (Å²) in [4.78, 5) is 197. The van der Waals surface area contributed by atoms with Gasteiger partial charge in [0.25, 0.3) is 0 Å². The Bertz CT molecular complexity index is 3460. The van der Waals surface area contributed by atoms with Crippen LogP contribution in [0.1, 0.15) is 240 Å². The van der Waals surface area contributed by atoms with E-state index in [0.717, 1.165) is 24.3 Å². The molecular weight excluding hydrogens is 1790 g/mol. The van der Waals surface area contributed by atoms with Crippen molar-refractivity contribution < 1.29 is 172 Å². The molecule has 44 heteroatoms. The van der Waals surface area contributed by atoms with E-state index >= 15 is 0 Å². The number of carbonyl (C=O) groups is 16. The third-order valence-electron chi connectivity index (χ3n) is 22.1. The summed E-state index contributed by atoms with van der Waals surface area (Å²) in [5.74, 6) is -2.04. The van der Waals surface area contributed by atoms with Gasteiger partial charge in [0.1, 0.15) is 0 Å². The predicted molar refractivity (Wildman–Crippen MR) is 491 cm³/mol. The van der Waals surface area contributed by atoms with Gasteiger partial charge in [0, 0.05) is 98.3 Å². The highest BCUT2D eigenvalue weighted by Gasteiger charge is 2.36. The van der Waals surface area contributed by atoms with Gasteiger partial charge < -0.3 is 138 Å². The largest absolute Gasteiger partial charge is 0.508 e. The Balaban J connectivity index is 6.23. The molecular formula is C92H154N8O36. The van der Waals surface area contributed by atoms with E-state index in [4.69, 9.17) is 90.0 Å². The van der Waals surface area contributed by atoms with Crippen molar-refractivity contribution in [3.8, 4) is 0 Å². The first-order valence-corrected chi connectivity index (χ1v) is 47.2. The topological polar surface area (TPSA) is 565 Å². The Labute approximate surface area is 798 Å². The normalized spacial score (nSPS) is 12.0. The van der Waals surface area contributed by atoms with E-state index in [9.17, 15) is 81.8 Å². The van der Waals surface area contributed by atoms with Crippen LogP contribution in [0.15, 0.2) is 50.6 Å². The molecule has 0 aromatic heterocycles. The maximum absolute atomic E-state index is 13.5. The molecule has 9 N–H and O–H groups in total. The number of esters is 4. The molecule has 3 atom stereocenters. The molecule has 0 heterocycles. The zero-order chi connectivity index (χ0) is 101. The number of unbranched alkanes of at least 4 members (excludes halogenated alkanes) is 12. The van der Waals surface area contributed by atoms with Crippen LogP contribution in [-0.2, 0) is 109 Å². The molecule has 0 aliphatic rings. The SMILES string of the molecule is C=CC(=O)OCCCCCOC(=O)NCCCCNC(=O)OCC(CC)(CC)CCOC(=O)OCCC(CC)(CCOC(=O)OCCC(CC)(CCOC(=O)OCCC(CC)(CCOC(=O)O)COC(=O)NCCCCNC(=O)OCCCCCOC(=O)C=C)COC(=O)NCCCCNC(=O)OCCCCCOC(=O)C=C)COC(=O)NCCCCNC(=O)OCCCCCOC(=O)C=C. The van der Waals surface area contributed by atoms with Gasteiger partial charge in [0.15, 0.2) is 0 Å². The monoisotopic (exact) mass is 1950 g/mol. The fourth-order valence-electron chi connectivity index (χ4n) is 12.6. The van der Waals surface area contributed by atoms with Gasteiger partial charge in [-0.3, -0.25) is 0 Å². The Morgan fingerprint density at radius 3 is 0.544 bits per heavy atom. The quantitative estimate of drug-likeness (QED) is 0.0118. The van der Waals surface area contributed by atoms with E-state index in [1.807, 2.05) is 13.8 Å². The molecule has 0 fully saturated rings. The second-order valence-electron chi connectivity index (χ2n) is 31.8. The molecule has 3 unspecified atom stereocenters. The van der Waals surface area contributed by atoms with E-state index < -0.39 is 119 Å². The summed E-state index contributed by atoms with van der Waals surface area (Å²) in [6.45, 7) is 23.5. The van der Waals surface area contributed by atoms with Crippen LogP contribution in [0.2, 0.25) is 0 Å². The summed E-state index contributed by atoms with van der Waals surface area (Å²) >= 11 is 0. The van der Waals surface area contributed by atoms with Gasteiger partial charge >= 0.3 is 97.2 Å². The highest BCUT2D eigenvalue weighted by Crippen LogP contribution is 2.36. The average molecular weight is 1950 g/mol. The summed E-state index contributed by atoms with van der Waals surface area (Å²) in [7, 11) is 0. The zero-order valence-electron chi connectivity index (χ0n) is 80.6. The summed E-state index contributed by atoms with van der Waals surface area (Å²) in [6, 6.07) is 0. The zero-order valence-corrected chi connectivity index (χ0v) is 80.6. The molecule has 44 nitrogen and oxygen atoms in total. The van der Waals surface area contributed by atoms with E-state index in [0.29, 0.717) is 167 Å². The third kappa shape index (κ3) is 69.8. The van der Waals surface area contributed by atoms with E-state index in [1.54, 1.807) is 20.8 Å². The number of hydrogen-bond donors (Lipinski definition) is 9. The average Bonchev–Trinajstić information content (AvgIpc) is 0.940. The molecule has 0 rings (SSSR count). The third-order valence-corrected chi connectivity index (χ3v) is 22.1. The van der Waals surface area contributed by atoms with Gasteiger partial charge in [0.05, 0.1) is 126 Å². The van der Waals surface area contributed by atoms with Crippen molar-refractivity contribution in [3.63, 3.8) is 0 Å². The lowest BCUT2D eigenvalue weighted by molar-refractivity contribution is -0.138. The van der Waals surface area contributed by atoms with E-state index in [-0.39, 0.29) is 216 Å². The van der Waals surface area contributed by atoms with Crippen LogP contribution in [-0.4, -0.2) is 280 Å². The molecule has 8 amide bonds. The summed E-state index contributed by atoms with van der Waals surface area (Å²) in [6.07, 6.45) is 7.92. The second-order valence-corrected chi connectivity index (χ2v) is 31.8. The van der Waals surface area contributed by atoms with Crippen LogP contribution in [0, 0.1) is 21.7 Å². The van der Waals surface area contributed by atoms with Gasteiger partial charge in [0.2, 0.25) is 0 Å². The maximum Gasteiger partial charge on any atom is 0.508 e. The molecule has 0 saturated heterocycles. The number of hydrogen-bond acceptors (Lipinski definition) is 35. The minimum atomic E-state index is -1.53. The van der Waals surface area contributed by atoms with Crippen LogP contribution in [0.4, 0.5) is 57.5 Å². The Hall–Kier alpha value is -11.9. The van der Waals surface area contributed by atoms with Crippen molar-refractivity contribution in [2.45, 2.75) is 240 Å². The van der Waals surface area contributed by atoms with Crippen molar-refractivity contribution in [3.05, 3.63) is 50.6 Å². The number of ether oxygens (including phenoxy) is 19. The van der Waals surface area contributed by atoms with Crippen molar-refractivity contribution in [1.82, 2.24) is 42.5 Å². The van der Waals surface area contributed by atoms with E-state index in [1.165, 1.54) is 0 Å². The maximum atomic E-state index is 13.5. The smallest absolute Gasteiger partial charge is 0.463 e. The van der Waals surface area contributed by atoms with Crippen LogP contribution >= 0.6 is 0 Å². The van der Waals surface area contributed by atoms with Gasteiger partial charge in [-0.15, -0.1) is 0 Å². The molecule has 0 aliphatic carbocycles. The van der Waals surface area contributed by atoms with Crippen molar-refractivity contribution >= 4 is 97.2 Å². The lowest BCUT2D eigenvalue weighted by atomic mass is 9.80. The van der Waals surface area contributed by atoms with Gasteiger partial charge in [-0.2, -0.15) is 0 Å². The van der Waals surface area contributed by atoms with Crippen LogP contribution < -0.4 is 42.5 Å². The highest BCUT2D eigenvalue weighted by molar-refractivity contribution is 5.82. The van der Waals surface area contributed by atoms with Gasteiger partial charge in [-0.25, -0.2) is 76.7 Å². The van der Waals surface area contributed by atoms with Crippen molar-refractivity contribution in [2.75, 3.05) is 178 Å². The molecule has 0 aromatic carbocycles. The minimum Gasteiger partial charge on any atom is -0.463 e. The molecule has 0 spiro atoms. The molecule has 0 bridgehead atoms. The first kappa shape index (κ1) is 124. The van der Waals surface area contributed by atoms with Crippen molar-refractivity contribution in [1.29, 1.82) is 0 Å². The number of amides is 8.